The Balaban J connectivity index is 2.87. The lowest BCUT2D eigenvalue weighted by Crippen LogP contribution is -2.36. The first-order chi connectivity index (χ1) is 9.00. The van der Waals surface area contributed by atoms with Gasteiger partial charge in [-0.3, -0.25) is 0 Å². The van der Waals surface area contributed by atoms with Crippen molar-refractivity contribution >= 4 is 11.6 Å². The molecule has 0 atom stereocenters. The number of hydrogen-bond acceptors (Lipinski definition) is 6. The van der Waals surface area contributed by atoms with Crippen molar-refractivity contribution in [3.8, 4) is 0 Å². The standard InChI is InChI=1S/C13H24N4O2/c1-6-19-8-12-15-10(14-4)7-11(16-12)17-13(2,3)9-18-5/h7H,6,8-9H2,1-5H3,(H2,14,15,16,17). The Bertz CT molecular complexity index is 396. The molecule has 0 saturated heterocycles. The summed E-state index contributed by atoms with van der Waals surface area (Å²) in [6, 6.07) is 1.87. The molecule has 1 aromatic heterocycles. The zero-order valence-corrected chi connectivity index (χ0v) is 12.4. The number of ether oxygens (including phenoxy) is 2. The van der Waals surface area contributed by atoms with Gasteiger partial charge >= 0.3 is 0 Å². The molecule has 0 fully saturated rings. The van der Waals surface area contributed by atoms with Gasteiger partial charge in [0, 0.05) is 26.8 Å². The summed E-state index contributed by atoms with van der Waals surface area (Å²) in [6.07, 6.45) is 0. The predicted octanol–water partition coefficient (Wildman–Crippen LogP) is 1.89. The highest BCUT2D eigenvalue weighted by Gasteiger charge is 2.18. The first kappa shape index (κ1) is 15.7. The van der Waals surface area contributed by atoms with Gasteiger partial charge in [-0.15, -0.1) is 0 Å². The van der Waals surface area contributed by atoms with Gasteiger partial charge in [-0.05, 0) is 20.8 Å². The van der Waals surface area contributed by atoms with Gasteiger partial charge in [-0.25, -0.2) is 9.97 Å². The molecule has 1 aromatic rings. The fourth-order valence-corrected chi connectivity index (χ4v) is 1.69. The summed E-state index contributed by atoms with van der Waals surface area (Å²) in [5.41, 5.74) is -0.197. The van der Waals surface area contributed by atoms with E-state index in [1.54, 1.807) is 7.11 Å². The molecule has 1 heterocycles. The summed E-state index contributed by atoms with van der Waals surface area (Å²) in [4.78, 5) is 8.79. The summed E-state index contributed by atoms with van der Waals surface area (Å²) in [5, 5.41) is 6.36. The number of nitrogens with zero attached hydrogens (tertiary/aromatic N) is 2. The quantitative estimate of drug-likeness (QED) is 0.750. The van der Waals surface area contributed by atoms with E-state index in [1.165, 1.54) is 0 Å². The number of anilines is 2. The van der Waals surface area contributed by atoms with Gasteiger partial charge in [0.15, 0.2) is 5.82 Å². The maximum Gasteiger partial charge on any atom is 0.158 e. The van der Waals surface area contributed by atoms with Gasteiger partial charge in [0.2, 0.25) is 0 Å². The summed E-state index contributed by atoms with van der Waals surface area (Å²) >= 11 is 0. The lowest BCUT2D eigenvalue weighted by molar-refractivity contribution is 0.128. The second-order valence-electron chi connectivity index (χ2n) is 4.88. The van der Waals surface area contributed by atoms with Gasteiger partial charge in [0.05, 0.1) is 12.1 Å². The highest BCUT2D eigenvalue weighted by molar-refractivity contribution is 5.48. The zero-order chi connectivity index (χ0) is 14.3. The topological polar surface area (TPSA) is 68.3 Å². The Labute approximate surface area is 114 Å². The van der Waals surface area contributed by atoms with Crippen molar-refractivity contribution in [1.82, 2.24) is 9.97 Å². The minimum atomic E-state index is -0.197. The molecular formula is C13H24N4O2. The normalized spacial score (nSPS) is 11.4. The Morgan fingerprint density at radius 2 is 1.95 bits per heavy atom. The fraction of sp³-hybridized carbons (Fsp3) is 0.692. The minimum Gasteiger partial charge on any atom is -0.382 e. The second kappa shape index (κ2) is 7.25. The number of rotatable bonds is 8. The van der Waals surface area contributed by atoms with Crippen LogP contribution < -0.4 is 10.6 Å². The van der Waals surface area contributed by atoms with Crippen LogP contribution in [0.4, 0.5) is 11.6 Å². The van der Waals surface area contributed by atoms with Crippen LogP contribution in [0.2, 0.25) is 0 Å². The molecule has 0 unspecified atom stereocenters. The van der Waals surface area contributed by atoms with Gasteiger partial charge in [0.1, 0.15) is 18.2 Å². The van der Waals surface area contributed by atoms with Gasteiger partial charge in [-0.2, -0.15) is 0 Å². The van der Waals surface area contributed by atoms with Crippen molar-refractivity contribution in [2.24, 2.45) is 0 Å². The highest BCUT2D eigenvalue weighted by atomic mass is 16.5. The molecule has 1 rings (SSSR count). The van der Waals surface area contributed by atoms with Crippen molar-refractivity contribution in [1.29, 1.82) is 0 Å². The Morgan fingerprint density at radius 1 is 1.26 bits per heavy atom. The van der Waals surface area contributed by atoms with Gasteiger partial charge in [-0.1, -0.05) is 0 Å². The van der Waals surface area contributed by atoms with Crippen LogP contribution >= 0.6 is 0 Å². The van der Waals surface area contributed by atoms with Crippen LogP contribution in [0.1, 0.15) is 26.6 Å². The molecule has 0 bridgehead atoms. The third-order valence-corrected chi connectivity index (χ3v) is 2.44. The Morgan fingerprint density at radius 3 is 2.53 bits per heavy atom. The third kappa shape index (κ3) is 5.40. The van der Waals surface area contributed by atoms with Crippen LogP contribution in [0.3, 0.4) is 0 Å². The van der Waals surface area contributed by atoms with Crippen molar-refractivity contribution < 1.29 is 9.47 Å². The molecule has 0 radical (unpaired) electrons. The average molecular weight is 268 g/mol. The molecule has 0 amide bonds. The number of nitrogens with one attached hydrogen (secondary N) is 2. The summed E-state index contributed by atoms with van der Waals surface area (Å²) in [7, 11) is 3.51. The van der Waals surface area contributed by atoms with Crippen LogP contribution in [0, 0.1) is 0 Å². The molecule has 6 nitrogen and oxygen atoms in total. The van der Waals surface area contributed by atoms with Crippen molar-refractivity contribution in [3.63, 3.8) is 0 Å². The predicted molar refractivity (Wildman–Crippen MR) is 76.5 cm³/mol. The Hall–Kier alpha value is -1.40. The molecule has 2 N–H and O–H groups in total. The number of aromatic nitrogens is 2. The molecule has 0 aliphatic rings. The van der Waals surface area contributed by atoms with Crippen molar-refractivity contribution in [2.75, 3.05) is 38.0 Å². The van der Waals surface area contributed by atoms with E-state index < -0.39 is 0 Å². The summed E-state index contributed by atoms with van der Waals surface area (Å²) in [6.45, 7) is 7.70. The minimum absolute atomic E-state index is 0.197. The van der Waals surface area contributed by atoms with E-state index in [4.69, 9.17) is 9.47 Å². The largest absolute Gasteiger partial charge is 0.382 e. The van der Waals surface area contributed by atoms with E-state index in [-0.39, 0.29) is 5.54 Å². The highest BCUT2D eigenvalue weighted by Crippen LogP contribution is 2.17. The summed E-state index contributed by atoms with van der Waals surface area (Å²) < 4.78 is 10.5. The molecule has 19 heavy (non-hydrogen) atoms. The maximum atomic E-state index is 5.35. The van der Waals surface area contributed by atoms with E-state index in [2.05, 4.69) is 34.4 Å². The third-order valence-electron chi connectivity index (χ3n) is 2.44. The molecule has 0 saturated carbocycles. The van der Waals surface area contributed by atoms with Crippen molar-refractivity contribution in [2.45, 2.75) is 32.9 Å². The van der Waals surface area contributed by atoms with Crippen molar-refractivity contribution in [3.05, 3.63) is 11.9 Å². The van der Waals surface area contributed by atoms with E-state index in [0.717, 1.165) is 11.6 Å². The SMILES string of the molecule is CCOCc1nc(NC)cc(NC(C)(C)COC)n1. The van der Waals surface area contributed by atoms with Crippen LogP contribution in [-0.2, 0) is 16.1 Å². The fourth-order valence-electron chi connectivity index (χ4n) is 1.69. The second-order valence-corrected chi connectivity index (χ2v) is 4.88. The van der Waals surface area contributed by atoms with Crippen LogP contribution in [-0.4, -0.2) is 42.9 Å². The lowest BCUT2D eigenvalue weighted by Gasteiger charge is -2.26. The lowest BCUT2D eigenvalue weighted by atomic mass is 10.1. The molecule has 0 aliphatic heterocycles. The van der Waals surface area contributed by atoms with Gasteiger partial charge < -0.3 is 20.1 Å². The average Bonchev–Trinajstić information content (AvgIpc) is 2.35. The van der Waals surface area contributed by atoms with Crippen LogP contribution in [0.15, 0.2) is 6.07 Å². The number of hydrogen-bond donors (Lipinski definition) is 2. The number of methoxy groups -OCH3 is 1. The monoisotopic (exact) mass is 268 g/mol. The molecule has 108 valence electrons. The van der Waals surface area contributed by atoms with E-state index in [0.29, 0.717) is 25.6 Å². The smallest absolute Gasteiger partial charge is 0.158 e. The molecule has 6 heteroatoms. The first-order valence-electron chi connectivity index (χ1n) is 6.41. The summed E-state index contributed by atoms with van der Waals surface area (Å²) in [5.74, 6) is 2.18. The van der Waals surface area contributed by atoms with Crippen LogP contribution in [0.5, 0.6) is 0 Å². The Kier molecular flexibility index (Phi) is 5.98. The molecule has 0 spiro atoms. The van der Waals surface area contributed by atoms with E-state index in [9.17, 15) is 0 Å². The van der Waals surface area contributed by atoms with Crippen LogP contribution in [0.25, 0.3) is 0 Å². The first-order valence-corrected chi connectivity index (χ1v) is 6.41. The molecule has 0 aliphatic carbocycles. The molecule has 0 aromatic carbocycles. The zero-order valence-electron chi connectivity index (χ0n) is 12.4. The van der Waals surface area contributed by atoms with E-state index in [1.807, 2.05) is 20.0 Å². The maximum absolute atomic E-state index is 5.35. The molecular weight excluding hydrogens is 244 g/mol. The van der Waals surface area contributed by atoms with E-state index >= 15 is 0 Å². The van der Waals surface area contributed by atoms with Gasteiger partial charge in [0.25, 0.3) is 0 Å².